The van der Waals surface area contributed by atoms with Gasteiger partial charge in [-0.15, -0.1) is 10.2 Å². The van der Waals surface area contributed by atoms with E-state index >= 15 is 0 Å². The first-order chi connectivity index (χ1) is 10.7. The van der Waals surface area contributed by atoms with Gasteiger partial charge in [-0.1, -0.05) is 30.3 Å². The van der Waals surface area contributed by atoms with Gasteiger partial charge in [0.25, 0.3) is 0 Å². The molecular weight excluding hydrogens is 284 g/mol. The maximum atomic E-state index is 11.4. The molecule has 0 fully saturated rings. The second kappa shape index (κ2) is 6.09. The third kappa shape index (κ3) is 2.95. The molecule has 0 atom stereocenters. The van der Waals surface area contributed by atoms with Crippen LogP contribution in [0.5, 0.6) is 5.75 Å². The molecule has 110 valence electrons. The van der Waals surface area contributed by atoms with Crippen LogP contribution in [0.2, 0.25) is 0 Å². The summed E-state index contributed by atoms with van der Waals surface area (Å²) < 4.78 is 10.7. The Bertz CT molecular complexity index is 770. The number of hydrogen-bond donors (Lipinski definition) is 1. The average molecular weight is 296 g/mol. The van der Waals surface area contributed by atoms with Crippen LogP contribution in [0.3, 0.4) is 0 Å². The van der Waals surface area contributed by atoms with Gasteiger partial charge < -0.3 is 14.3 Å². The Balaban J connectivity index is 1.86. The average Bonchev–Trinajstić information content (AvgIpc) is 3.08. The van der Waals surface area contributed by atoms with E-state index in [0.29, 0.717) is 17.9 Å². The second-order valence-electron chi connectivity index (χ2n) is 4.53. The van der Waals surface area contributed by atoms with Gasteiger partial charge in [0.15, 0.2) is 0 Å². The van der Waals surface area contributed by atoms with Crippen LogP contribution in [-0.4, -0.2) is 21.3 Å². The lowest BCUT2D eigenvalue weighted by Crippen LogP contribution is -2.03. The first-order valence-electron chi connectivity index (χ1n) is 6.54. The lowest BCUT2D eigenvalue weighted by Gasteiger charge is -2.10. The largest absolute Gasteiger partial charge is 0.488 e. The maximum Gasteiger partial charge on any atom is 0.339 e. The number of carbonyl (C=O) groups is 1. The Morgan fingerprint density at radius 1 is 1.18 bits per heavy atom. The molecule has 0 aliphatic carbocycles. The van der Waals surface area contributed by atoms with Gasteiger partial charge in [-0.2, -0.15) is 0 Å². The van der Waals surface area contributed by atoms with Crippen molar-refractivity contribution in [1.82, 2.24) is 10.2 Å². The lowest BCUT2D eigenvalue weighted by atomic mass is 10.1. The smallest absolute Gasteiger partial charge is 0.339 e. The minimum atomic E-state index is -1.08. The van der Waals surface area contributed by atoms with E-state index in [-0.39, 0.29) is 11.5 Å². The minimum absolute atomic E-state index is 0.0478. The summed E-state index contributed by atoms with van der Waals surface area (Å²) in [6.07, 6.45) is 1.19. The molecule has 1 heterocycles. The van der Waals surface area contributed by atoms with Gasteiger partial charge in [-0.25, -0.2) is 4.79 Å². The lowest BCUT2D eigenvalue weighted by molar-refractivity contribution is 0.0692. The molecule has 1 aromatic heterocycles. The van der Waals surface area contributed by atoms with Crippen molar-refractivity contribution in [2.75, 3.05) is 0 Å². The maximum absolute atomic E-state index is 11.4. The molecule has 0 radical (unpaired) electrons. The quantitative estimate of drug-likeness (QED) is 0.779. The molecule has 0 aliphatic rings. The molecule has 0 aliphatic heterocycles. The fourth-order valence-corrected chi connectivity index (χ4v) is 1.99. The number of benzene rings is 2. The Hall–Kier alpha value is -3.15. The fourth-order valence-electron chi connectivity index (χ4n) is 1.99. The zero-order chi connectivity index (χ0) is 15.4. The zero-order valence-electron chi connectivity index (χ0n) is 11.5. The van der Waals surface area contributed by atoms with Crippen LogP contribution in [-0.2, 0) is 6.61 Å². The first-order valence-corrected chi connectivity index (χ1v) is 6.54. The molecular formula is C16H12N2O4. The molecule has 22 heavy (non-hydrogen) atoms. The van der Waals surface area contributed by atoms with Gasteiger partial charge in [0.1, 0.15) is 17.9 Å². The van der Waals surface area contributed by atoms with Crippen LogP contribution in [0.4, 0.5) is 0 Å². The fraction of sp³-hybridized carbons (Fsp3) is 0.0625. The van der Waals surface area contributed by atoms with Gasteiger partial charge in [0.05, 0.1) is 0 Å². The highest BCUT2D eigenvalue weighted by Gasteiger charge is 2.15. The van der Waals surface area contributed by atoms with Crippen LogP contribution in [0, 0.1) is 0 Å². The zero-order valence-corrected chi connectivity index (χ0v) is 11.5. The van der Waals surface area contributed by atoms with E-state index in [2.05, 4.69) is 10.2 Å². The predicted octanol–water partition coefficient (Wildman–Crippen LogP) is 3.01. The summed E-state index contributed by atoms with van der Waals surface area (Å²) in [5.74, 6) is -0.527. The monoisotopic (exact) mass is 296 g/mol. The summed E-state index contributed by atoms with van der Waals surface area (Å²) in [5.41, 5.74) is 1.54. The third-order valence-corrected chi connectivity index (χ3v) is 3.05. The van der Waals surface area contributed by atoms with Crippen LogP contribution in [0.25, 0.3) is 11.5 Å². The number of aromatic carboxylic acids is 1. The van der Waals surface area contributed by atoms with Crippen LogP contribution in [0.1, 0.15) is 15.9 Å². The van der Waals surface area contributed by atoms with E-state index in [1.165, 1.54) is 12.5 Å². The van der Waals surface area contributed by atoms with Gasteiger partial charge in [0.2, 0.25) is 12.3 Å². The van der Waals surface area contributed by atoms with Crippen molar-refractivity contribution in [2.24, 2.45) is 0 Å². The van der Waals surface area contributed by atoms with Gasteiger partial charge in [0, 0.05) is 5.56 Å². The summed E-state index contributed by atoms with van der Waals surface area (Å²) in [6.45, 7) is 0.293. The molecule has 3 aromatic rings. The Morgan fingerprint density at radius 3 is 2.68 bits per heavy atom. The van der Waals surface area contributed by atoms with Crippen LogP contribution >= 0.6 is 0 Å². The number of rotatable bonds is 5. The molecule has 6 heteroatoms. The van der Waals surface area contributed by atoms with E-state index in [0.717, 1.165) is 5.56 Å². The molecule has 6 nitrogen and oxygen atoms in total. The van der Waals surface area contributed by atoms with E-state index < -0.39 is 5.97 Å². The van der Waals surface area contributed by atoms with Crippen molar-refractivity contribution in [3.63, 3.8) is 0 Å². The molecule has 3 rings (SSSR count). The van der Waals surface area contributed by atoms with E-state index in [1.54, 1.807) is 12.1 Å². The highest BCUT2D eigenvalue weighted by atomic mass is 16.5. The molecule has 0 spiro atoms. The van der Waals surface area contributed by atoms with Gasteiger partial charge in [-0.05, 0) is 23.8 Å². The predicted molar refractivity (Wildman–Crippen MR) is 77.5 cm³/mol. The molecule has 0 unspecified atom stereocenters. The molecule has 1 N–H and O–H groups in total. The molecule has 0 amide bonds. The summed E-state index contributed by atoms with van der Waals surface area (Å²) >= 11 is 0. The van der Waals surface area contributed by atoms with E-state index in [1.807, 2.05) is 30.3 Å². The number of carboxylic acids is 1. The van der Waals surface area contributed by atoms with Crippen molar-refractivity contribution in [3.8, 4) is 17.2 Å². The SMILES string of the molecule is O=C(O)c1cc(-c2nnco2)ccc1OCc1ccccc1. The van der Waals surface area contributed by atoms with Crippen molar-refractivity contribution < 1.29 is 19.1 Å². The third-order valence-electron chi connectivity index (χ3n) is 3.05. The molecule has 0 bridgehead atoms. The molecule has 0 saturated heterocycles. The minimum Gasteiger partial charge on any atom is -0.488 e. The van der Waals surface area contributed by atoms with Gasteiger partial charge in [-0.3, -0.25) is 0 Å². The highest BCUT2D eigenvalue weighted by Crippen LogP contribution is 2.26. The van der Waals surface area contributed by atoms with E-state index in [9.17, 15) is 9.90 Å². The van der Waals surface area contributed by atoms with Crippen molar-refractivity contribution >= 4 is 5.97 Å². The van der Waals surface area contributed by atoms with Crippen LogP contribution < -0.4 is 4.74 Å². The van der Waals surface area contributed by atoms with Crippen molar-refractivity contribution in [1.29, 1.82) is 0 Å². The Labute approximate surface area is 126 Å². The standard InChI is InChI=1S/C16H12N2O4/c19-16(20)13-8-12(15-18-17-10-22-15)6-7-14(13)21-9-11-4-2-1-3-5-11/h1-8,10H,9H2,(H,19,20). The summed E-state index contributed by atoms with van der Waals surface area (Å²) in [7, 11) is 0. The number of ether oxygens (including phenoxy) is 1. The number of aromatic nitrogens is 2. The number of carboxylic acid groups (broad SMARTS) is 1. The first kappa shape index (κ1) is 13.8. The molecule has 0 saturated carbocycles. The Morgan fingerprint density at radius 2 is 2.00 bits per heavy atom. The highest BCUT2D eigenvalue weighted by molar-refractivity contribution is 5.92. The number of hydrogen-bond acceptors (Lipinski definition) is 5. The summed E-state index contributed by atoms with van der Waals surface area (Å²) in [4.78, 5) is 11.4. The second-order valence-corrected chi connectivity index (χ2v) is 4.53. The molecule has 2 aromatic carbocycles. The topological polar surface area (TPSA) is 85.5 Å². The van der Waals surface area contributed by atoms with Crippen LogP contribution in [0.15, 0.2) is 59.3 Å². The van der Waals surface area contributed by atoms with E-state index in [4.69, 9.17) is 9.15 Å². The van der Waals surface area contributed by atoms with Crippen molar-refractivity contribution in [3.05, 3.63) is 66.1 Å². The summed E-state index contributed by atoms with van der Waals surface area (Å²) in [6, 6.07) is 14.2. The summed E-state index contributed by atoms with van der Waals surface area (Å²) in [5, 5.41) is 16.7. The van der Waals surface area contributed by atoms with Gasteiger partial charge >= 0.3 is 5.97 Å². The van der Waals surface area contributed by atoms with Crippen molar-refractivity contribution in [2.45, 2.75) is 6.61 Å². The Kier molecular flexibility index (Phi) is 3.82. The normalized spacial score (nSPS) is 10.4. The number of nitrogens with zero attached hydrogens (tertiary/aromatic N) is 2.